The van der Waals surface area contributed by atoms with Crippen molar-refractivity contribution in [2.45, 2.75) is 30.7 Å². The zero-order chi connectivity index (χ0) is 22.3. The van der Waals surface area contributed by atoms with E-state index in [0.717, 1.165) is 55.4 Å². The Bertz CT molecular complexity index is 1110. The predicted molar refractivity (Wildman–Crippen MR) is 130 cm³/mol. The van der Waals surface area contributed by atoms with E-state index < -0.39 is 0 Å². The van der Waals surface area contributed by atoms with Gasteiger partial charge in [-0.3, -0.25) is 4.79 Å². The Morgan fingerprint density at radius 3 is 2.81 bits per heavy atom. The summed E-state index contributed by atoms with van der Waals surface area (Å²) < 4.78 is 10.8. The lowest BCUT2D eigenvalue weighted by molar-refractivity contribution is 0.0699. The molecule has 2 heterocycles. The molecule has 0 saturated carbocycles. The number of rotatable bonds is 8. The van der Waals surface area contributed by atoms with Gasteiger partial charge < -0.3 is 19.8 Å². The number of nitrogens with one attached hydrogen (secondary N) is 2. The molecular weight excluding hydrogens is 422 g/mol. The van der Waals surface area contributed by atoms with Crippen LogP contribution in [-0.2, 0) is 10.5 Å². The molecule has 0 radical (unpaired) electrons. The first kappa shape index (κ1) is 22.4. The molecule has 4 rings (SSSR count). The molecule has 0 amide bonds. The number of aromatic amines is 1. The molecule has 2 aromatic carbocycles. The molecule has 0 spiro atoms. The largest absolute Gasteiger partial charge is 0.497 e. The van der Waals surface area contributed by atoms with E-state index in [1.54, 1.807) is 14.0 Å². The van der Waals surface area contributed by atoms with E-state index >= 15 is 0 Å². The van der Waals surface area contributed by atoms with Crippen LogP contribution >= 0.6 is 11.8 Å². The number of nitrogens with zero attached hydrogens (tertiary/aromatic N) is 1. The zero-order valence-corrected chi connectivity index (χ0v) is 19.3. The van der Waals surface area contributed by atoms with Crippen LogP contribution in [0.1, 0.15) is 24.0 Å². The van der Waals surface area contributed by atoms with Crippen LogP contribution in [0.4, 0.5) is 5.69 Å². The van der Waals surface area contributed by atoms with Crippen molar-refractivity contribution >= 4 is 17.4 Å². The fourth-order valence-electron chi connectivity index (χ4n) is 3.77. The second kappa shape index (κ2) is 10.7. The lowest BCUT2D eigenvalue weighted by Gasteiger charge is -2.22. The maximum atomic E-state index is 12.5. The lowest BCUT2D eigenvalue weighted by atomic mass is 10.0. The van der Waals surface area contributed by atoms with Crippen molar-refractivity contribution in [2.24, 2.45) is 5.92 Å². The van der Waals surface area contributed by atoms with Crippen LogP contribution in [0.25, 0.3) is 11.3 Å². The Labute approximate surface area is 192 Å². The second-order valence-corrected chi connectivity index (χ2v) is 8.97. The predicted octanol–water partition coefficient (Wildman–Crippen LogP) is 4.88. The fourth-order valence-corrected chi connectivity index (χ4v) is 4.57. The summed E-state index contributed by atoms with van der Waals surface area (Å²) in [6.45, 7) is 4.49. The Kier molecular flexibility index (Phi) is 7.50. The summed E-state index contributed by atoms with van der Waals surface area (Å²) in [6, 6.07) is 16.1. The van der Waals surface area contributed by atoms with Gasteiger partial charge in [0.15, 0.2) is 5.16 Å². The minimum Gasteiger partial charge on any atom is -0.497 e. The molecule has 168 valence electrons. The summed E-state index contributed by atoms with van der Waals surface area (Å²) >= 11 is 1.53. The number of H-pyrrole nitrogens is 1. The molecule has 7 heteroatoms. The molecule has 0 atom stereocenters. The van der Waals surface area contributed by atoms with Crippen LogP contribution in [0.3, 0.4) is 0 Å². The Morgan fingerprint density at radius 2 is 2.00 bits per heavy atom. The molecule has 0 bridgehead atoms. The molecule has 32 heavy (non-hydrogen) atoms. The molecule has 1 aliphatic heterocycles. The van der Waals surface area contributed by atoms with Gasteiger partial charge in [-0.2, -0.15) is 0 Å². The first-order chi connectivity index (χ1) is 15.6. The van der Waals surface area contributed by atoms with Crippen LogP contribution in [0.15, 0.2) is 58.5 Å². The van der Waals surface area contributed by atoms with Gasteiger partial charge in [-0.15, -0.1) is 0 Å². The number of ether oxygens (including phenoxy) is 2. The van der Waals surface area contributed by atoms with Crippen molar-refractivity contribution in [1.29, 1.82) is 0 Å². The summed E-state index contributed by atoms with van der Waals surface area (Å²) in [5, 5.41) is 4.17. The van der Waals surface area contributed by atoms with Gasteiger partial charge in [-0.05, 0) is 55.5 Å². The monoisotopic (exact) mass is 451 g/mol. The molecule has 2 N–H and O–H groups in total. The van der Waals surface area contributed by atoms with Crippen molar-refractivity contribution in [3.63, 3.8) is 0 Å². The first-order valence-electron chi connectivity index (χ1n) is 10.9. The van der Waals surface area contributed by atoms with Crippen LogP contribution < -0.4 is 15.6 Å². The van der Waals surface area contributed by atoms with Crippen LogP contribution in [0, 0.1) is 12.8 Å². The zero-order valence-electron chi connectivity index (χ0n) is 18.5. The van der Waals surface area contributed by atoms with E-state index in [1.807, 2.05) is 24.3 Å². The topological polar surface area (TPSA) is 76.2 Å². The van der Waals surface area contributed by atoms with Crippen LogP contribution in [0.5, 0.6) is 5.75 Å². The molecule has 1 aromatic heterocycles. The lowest BCUT2D eigenvalue weighted by Crippen LogP contribution is -2.22. The van der Waals surface area contributed by atoms with Crippen LogP contribution in [0.2, 0.25) is 0 Å². The van der Waals surface area contributed by atoms with E-state index in [1.165, 1.54) is 17.3 Å². The Balaban J connectivity index is 1.44. The quantitative estimate of drug-likeness (QED) is 0.375. The van der Waals surface area contributed by atoms with E-state index in [4.69, 9.17) is 14.5 Å². The molecule has 6 nitrogen and oxygen atoms in total. The van der Waals surface area contributed by atoms with Crippen molar-refractivity contribution < 1.29 is 9.47 Å². The Hall–Kier alpha value is -2.77. The highest BCUT2D eigenvalue weighted by atomic mass is 32.2. The molecule has 1 fully saturated rings. The highest BCUT2D eigenvalue weighted by molar-refractivity contribution is 7.98. The highest BCUT2D eigenvalue weighted by Gasteiger charge is 2.14. The molecule has 3 aromatic rings. The maximum absolute atomic E-state index is 12.5. The standard InChI is InChI=1S/C25H29N3O3S/c1-17-23(20-6-4-8-22(14-20)30-2)27-25(28-24(17)29)32-16-19-5-3-7-21(13-19)26-15-18-9-11-31-12-10-18/h3-8,13-14,18,26H,9-12,15-16H2,1-2H3,(H,27,28,29). The van der Waals surface area contributed by atoms with Crippen molar-refractivity contribution in [2.75, 3.05) is 32.2 Å². The van der Waals surface area contributed by atoms with Crippen molar-refractivity contribution in [1.82, 2.24) is 9.97 Å². The van der Waals surface area contributed by atoms with Gasteiger partial charge in [-0.1, -0.05) is 36.0 Å². The summed E-state index contributed by atoms with van der Waals surface area (Å²) in [5.41, 5.74) is 4.33. The van der Waals surface area contributed by atoms with Crippen molar-refractivity contribution in [3.05, 3.63) is 70.0 Å². The van der Waals surface area contributed by atoms with E-state index in [-0.39, 0.29) is 5.56 Å². The van der Waals surface area contributed by atoms with Gasteiger partial charge in [0.2, 0.25) is 0 Å². The smallest absolute Gasteiger partial charge is 0.255 e. The van der Waals surface area contributed by atoms with E-state index in [0.29, 0.717) is 22.3 Å². The SMILES string of the molecule is COc1cccc(-c2nc(SCc3cccc(NCC4CCOCC4)c3)[nH]c(=O)c2C)c1. The number of hydrogen-bond donors (Lipinski definition) is 2. The summed E-state index contributed by atoms with van der Waals surface area (Å²) in [6.07, 6.45) is 2.23. The molecule has 0 aliphatic carbocycles. The van der Waals surface area contributed by atoms with E-state index in [9.17, 15) is 4.79 Å². The number of anilines is 1. The normalized spacial score (nSPS) is 14.3. The van der Waals surface area contributed by atoms with Gasteiger partial charge in [0.05, 0.1) is 12.8 Å². The average Bonchev–Trinajstić information content (AvgIpc) is 2.84. The number of benzene rings is 2. The summed E-state index contributed by atoms with van der Waals surface area (Å²) in [4.78, 5) is 20.2. The minimum atomic E-state index is -0.118. The number of methoxy groups -OCH3 is 1. The number of thioether (sulfide) groups is 1. The van der Waals surface area contributed by atoms with Gasteiger partial charge in [0, 0.05) is 42.3 Å². The second-order valence-electron chi connectivity index (χ2n) is 8.00. The van der Waals surface area contributed by atoms with Gasteiger partial charge >= 0.3 is 0 Å². The Morgan fingerprint density at radius 1 is 1.19 bits per heavy atom. The van der Waals surface area contributed by atoms with Crippen molar-refractivity contribution in [3.8, 4) is 17.0 Å². The summed E-state index contributed by atoms with van der Waals surface area (Å²) in [5.74, 6) is 2.12. The number of aromatic nitrogens is 2. The molecular formula is C25H29N3O3S. The first-order valence-corrected chi connectivity index (χ1v) is 11.9. The fraction of sp³-hybridized carbons (Fsp3) is 0.360. The third kappa shape index (κ3) is 5.72. The molecule has 1 aliphatic rings. The summed E-state index contributed by atoms with van der Waals surface area (Å²) in [7, 11) is 1.63. The van der Waals surface area contributed by atoms with E-state index in [2.05, 4.69) is 34.6 Å². The van der Waals surface area contributed by atoms with Gasteiger partial charge in [0.1, 0.15) is 5.75 Å². The third-order valence-corrected chi connectivity index (χ3v) is 6.66. The van der Waals surface area contributed by atoms with Crippen LogP contribution in [-0.4, -0.2) is 36.8 Å². The average molecular weight is 452 g/mol. The molecule has 0 unspecified atom stereocenters. The molecule has 1 saturated heterocycles. The third-order valence-electron chi connectivity index (χ3n) is 5.71. The maximum Gasteiger partial charge on any atom is 0.255 e. The number of hydrogen-bond acceptors (Lipinski definition) is 6. The van der Waals surface area contributed by atoms with Gasteiger partial charge in [0.25, 0.3) is 5.56 Å². The minimum absolute atomic E-state index is 0.118. The highest BCUT2D eigenvalue weighted by Crippen LogP contribution is 2.27. The van der Waals surface area contributed by atoms with Gasteiger partial charge in [-0.25, -0.2) is 4.98 Å².